The zero-order valence-corrected chi connectivity index (χ0v) is 8.93. The van der Waals surface area contributed by atoms with E-state index in [9.17, 15) is 0 Å². The molecule has 2 heteroatoms. The first-order chi connectivity index (χ1) is 6.24. The molecule has 0 aliphatic carbocycles. The first kappa shape index (κ1) is 10.6. The molecule has 0 aliphatic rings. The molecule has 0 aromatic heterocycles. The van der Waals surface area contributed by atoms with E-state index < -0.39 is 0 Å². The minimum Gasteiger partial charge on any atom is -0.310 e. The number of benzene rings is 1. The number of halogens is 1. The van der Waals surface area contributed by atoms with Gasteiger partial charge in [0.25, 0.3) is 0 Å². The van der Waals surface area contributed by atoms with Crippen LogP contribution in [0.5, 0.6) is 0 Å². The average Bonchev–Trinajstić information content (AvgIpc) is 2.14. The van der Waals surface area contributed by atoms with Crippen LogP contribution in [0.2, 0.25) is 5.02 Å². The van der Waals surface area contributed by atoms with Crippen LogP contribution in [-0.2, 0) is 0 Å². The van der Waals surface area contributed by atoms with Crippen LogP contribution in [0.4, 0.5) is 0 Å². The Balaban J connectivity index is 2.60. The Hall–Kier alpha value is -0.530. The SMILES string of the molecule is CCCNC(C)c1cccc(Cl)c1. The van der Waals surface area contributed by atoms with E-state index in [2.05, 4.69) is 25.2 Å². The van der Waals surface area contributed by atoms with E-state index in [1.807, 2.05) is 18.2 Å². The summed E-state index contributed by atoms with van der Waals surface area (Å²) in [4.78, 5) is 0. The smallest absolute Gasteiger partial charge is 0.0409 e. The van der Waals surface area contributed by atoms with E-state index in [0.717, 1.165) is 18.0 Å². The van der Waals surface area contributed by atoms with E-state index >= 15 is 0 Å². The van der Waals surface area contributed by atoms with Crippen molar-refractivity contribution in [2.45, 2.75) is 26.3 Å². The highest BCUT2D eigenvalue weighted by atomic mass is 35.5. The molecule has 1 aromatic carbocycles. The molecule has 0 spiro atoms. The van der Waals surface area contributed by atoms with E-state index in [0.29, 0.717) is 6.04 Å². The van der Waals surface area contributed by atoms with Crippen LogP contribution in [0.3, 0.4) is 0 Å². The molecule has 0 amide bonds. The number of hydrogen-bond acceptors (Lipinski definition) is 1. The van der Waals surface area contributed by atoms with Gasteiger partial charge in [0.15, 0.2) is 0 Å². The van der Waals surface area contributed by atoms with Gasteiger partial charge < -0.3 is 5.32 Å². The van der Waals surface area contributed by atoms with Crippen LogP contribution in [0.1, 0.15) is 31.9 Å². The van der Waals surface area contributed by atoms with Gasteiger partial charge in [0.1, 0.15) is 0 Å². The van der Waals surface area contributed by atoms with Crippen molar-refractivity contribution in [2.24, 2.45) is 0 Å². The summed E-state index contributed by atoms with van der Waals surface area (Å²) in [6, 6.07) is 8.38. The maximum Gasteiger partial charge on any atom is 0.0409 e. The van der Waals surface area contributed by atoms with Crippen molar-refractivity contribution in [1.29, 1.82) is 0 Å². The first-order valence-corrected chi connectivity index (χ1v) is 5.10. The Morgan fingerprint density at radius 3 is 2.85 bits per heavy atom. The van der Waals surface area contributed by atoms with Crippen molar-refractivity contribution in [3.63, 3.8) is 0 Å². The first-order valence-electron chi connectivity index (χ1n) is 4.73. The van der Waals surface area contributed by atoms with Gasteiger partial charge in [0.2, 0.25) is 0 Å². The van der Waals surface area contributed by atoms with Gasteiger partial charge in [-0.1, -0.05) is 30.7 Å². The third-order valence-electron chi connectivity index (χ3n) is 2.05. The third-order valence-corrected chi connectivity index (χ3v) is 2.28. The molecule has 1 nitrogen and oxygen atoms in total. The van der Waals surface area contributed by atoms with Crippen LogP contribution >= 0.6 is 11.6 Å². The van der Waals surface area contributed by atoms with Crippen LogP contribution in [0, 0.1) is 0 Å². The lowest BCUT2D eigenvalue weighted by Gasteiger charge is -2.13. The quantitative estimate of drug-likeness (QED) is 0.780. The molecule has 0 heterocycles. The lowest BCUT2D eigenvalue weighted by Crippen LogP contribution is -2.19. The minimum absolute atomic E-state index is 0.388. The Labute approximate surface area is 85.1 Å². The number of hydrogen-bond donors (Lipinski definition) is 1. The largest absolute Gasteiger partial charge is 0.310 e. The molecule has 0 bridgehead atoms. The molecular weight excluding hydrogens is 182 g/mol. The fourth-order valence-electron chi connectivity index (χ4n) is 1.25. The lowest BCUT2D eigenvalue weighted by molar-refractivity contribution is 0.571. The standard InChI is InChI=1S/C11H16ClN/c1-3-7-13-9(2)10-5-4-6-11(12)8-10/h4-6,8-9,13H,3,7H2,1-2H3. The molecule has 1 aromatic rings. The van der Waals surface area contributed by atoms with Crippen LogP contribution in [0.15, 0.2) is 24.3 Å². The van der Waals surface area contributed by atoms with Crippen molar-refractivity contribution in [2.75, 3.05) is 6.54 Å². The molecule has 0 aliphatic heterocycles. The van der Waals surface area contributed by atoms with Crippen molar-refractivity contribution in [1.82, 2.24) is 5.32 Å². The fourth-order valence-corrected chi connectivity index (χ4v) is 1.45. The maximum atomic E-state index is 5.90. The summed E-state index contributed by atoms with van der Waals surface area (Å²) < 4.78 is 0. The molecule has 13 heavy (non-hydrogen) atoms. The second kappa shape index (κ2) is 5.25. The Morgan fingerprint density at radius 2 is 2.23 bits per heavy atom. The van der Waals surface area contributed by atoms with Crippen molar-refractivity contribution < 1.29 is 0 Å². The normalized spacial score (nSPS) is 12.8. The summed E-state index contributed by atoms with van der Waals surface area (Å²) in [5.74, 6) is 0. The molecule has 1 atom stereocenters. The summed E-state index contributed by atoms with van der Waals surface area (Å²) in [6.45, 7) is 5.37. The van der Waals surface area contributed by atoms with Crippen LogP contribution in [0.25, 0.3) is 0 Å². The van der Waals surface area contributed by atoms with Crippen molar-refractivity contribution >= 4 is 11.6 Å². The monoisotopic (exact) mass is 197 g/mol. The summed E-state index contributed by atoms with van der Waals surface area (Å²) in [6.07, 6.45) is 1.16. The highest BCUT2D eigenvalue weighted by Crippen LogP contribution is 2.16. The van der Waals surface area contributed by atoms with E-state index in [-0.39, 0.29) is 0 Å². The van der Waals surface area contributed by atoms with Gasteiger partial charge in [-0.25, -0.2) is 0 Å². The Morgan fingerprint density at radius 1 is 1.46 bits per heavy atom. The summed E-state index contributed by atoms with van der Waals surface area (Å²) in [5, 5.41) is 4.23. The molecule has 0 fully saturated rings. The molecular formula is C11H16ClN. The predicted octanol–water partition coefficient (Wildman–Crippen LogP) is 3.40. The predicted molar refractivity (Wildman–Crippen MR) is 58.2 cm³/mol. The lowest BCUT2D eigenvalue weighted by atomic mass is 10.1. The summed E-state index contributed by atoms with van der Waals surface area (Å²) >= 11 is 5.90. The van der Waals surface area contributed by atoms with Gasteiger partial charge in [-0.15, -0.1) is 0 Å². The van der Waals surface area contributed by atoms with E-state index in [4.69, 9.17) is 11.6 Å². The molecule has 72 valence electrons. The summed E-state index contributed by atoms with van der Waals surface area (Å²) in [7, 11) is 0. The molecule has 1 N–H and O–H groups in total. The van der Waals surface area contributed by atoms with Gasteiger partial charge in [-0.3, -0.25) is 0 Å². The van der Waals surface area contributed by atoms with Gasteiger partial charge in [0, 0.05) is 11.1 Å². The van der Waals surface area contributed by atoms with E-state index in [1.165, 1.54) is 5.56 Å². The second-order valence-corrected chi connectivity index (χ2v) is 3.67. The Bertz CT molecular complexity index is 260. The van der Waals surface area contributed by atoms with Gasteiger partial charge in [-0.05, 0) is 37.6 Å². The zero-order chi connectivity index (χ0) is 9.68. The molecule has 0 saturated carbocycles. The fraction of sp³-hybridized carbons (Fsp3) is 0.455. The third kappa shape index (κ3) is 3.37. The topological polar surface area (TPSA) is 12.0 Å². The zero-order valence-electron chi connectivity index (χ0n) is 8.18. The van der Waals surface area contributed by atoms with Gasteiger partial charge in [-0.2, -0.15) is 0 Å². The molecule has 0 saturated heterocycles. The molecule has 1 unspecified atom stereocenters. The average molecular weight is 198 g/mol. The van der Waals surface area contributed by atoms with Crippen LogP contribution < -0.4 is 5.32 Å². The number of rotatable bonds is 4. The number of nitrogens with one attached hydrogen (secondary N) is 1. The van der Waals surface area contributed by atoms with E-state index in [1.54, 1.807) is 0 Å². The molecule has 1 rings (SSSR count). The maximum absolute atomic E-state index is 5.90. The highest BCUT2D eigenvalue weighted by Gasteiger charge is 2.03. The molecule has 0 radical (unpaired) electrons. The van der Waals surface area contributed by atoms with Crippen molar-refractivity contribution in [3.8, 4) is 0 Å². The van der Waals surface area contributed by atoms with Crippen molar-refractivity contribution in [3.05, 3.63) is 34.9 Å². The Kier molecular flexibility index (Phi) is 4.26. The van der Waals surface area contributed by atoms with Gasteiger partial charge in [0.05, 0.1) is 0 Å². The minimum atomic E-state index is 0.388. The van der Waals surface area contributed by atoms with Gasteiger partial charge >= 0.3 is 0 Å². The second-order valence-electron chi connectivity index (χ2n) is 3.23. The summed E-state index contributed by atoms with van der Waals surface area (Å²) in [5.41, 5.74) is 1.25. The highest BCUT2D eigenvalue weighted by molar-refractivity contribution is 6.30. The van der Waals surface area contributed by atoms with Crippen LogP contribution in [-0.4, -0.2) is 6.54 Å².